The topological polar surface area (TPSA) is 73.2 Å². The molecule has 0 saturated heterocycles. The Hall–Kier alpha value is -2.67. The average molecular weight is 357 g/mol. The molecule has 0 saturated carbocycles. The Bertz CT molecular complexity index is 913. The van der Waals surface area contributed by atoms with Crippen LogP contribution in [-0.4, -0.2) is 28.0 Å². The van der Waals surface area contributed by atoms with Gasteiger partial charge in [0.2, 0.25) is 5.91 Å². The SMILES string of the molecule is CCOC(=O)Cc1csc(NC(=O)Cn2c(C)cc3ccccc32)n1. The van der Waals surface area contributed by atoms with Crippen LogP contribution in [0, 0.1) is 6.92 Å². The summed E-state index contributed by atoms with van der Waals surface area (Å²) in [5.74, 6) is -0.471. The van der Waals surface area contributed by atoms with Gasteiger partial charge >= 0.3 is 5.97 Å². The van der Waals surface area contributed by atoms with Gasteiger partial charge in [-0.25, -0.2) is 4.98 Å². The summed E-state index contributed by atoms with van der Waals surface area (Å²) in [6, 6.07) is 10.0. The number of thiazole rings is 1. The molecule has 0 bridgehead atoms. The number of ether oxygens (including phenoxy) is 1. The molecule has 2 aromatic heterocycles. The third-order valence-electron chi connectivity index (χ3n) is 3.75. The summed E-state index contributed by atoms with van der Waals surface area (Å²) in [5, 5.41) is 6.14. The van der Waals surface area contributed by atoms with E-state index in [0.717, 1.165) is 16.6 Å². The van der Waals surface area contributed by atoms with Crippen molar-refractivity contribution in [3.8, 4) is 0 Å². The second kappa shape index (κ2) is 7.48. The number of fused-ring (bicyclic) bond motifs is 1. The average Bonchev–Trinajstić information content (AvgIpc) is 3.12. The highest BCUT2D eigenvalue weighted by Crippen LogP contribution is 2.20. The molecule has 0 radical (unpaired) electrons. The Morgan fingerprint density at radius 2 is 2.12 bits per heavy atom. The van der Waals surface area contributed by atoms with E-state index in [1.807, 2.05) is 35.8 Å². The first-order chi connectivity index (χ1) is 12.1. The van der Waals surface area contributed by atoms with Gasteiger partial charge in [-0.2, -0.15) is 0 Å². The zero-order valence-electron chi connectivity index (χ0n) is 14.1. The van der Waals surface area contributed by atoms with E-state index in [0.29, 0.717) is 17.4 Å². The maximum Gasteiger partial charge on any atom is 0.311 e. The van der Waals surface area contributed by atoms with Gasteiger partial charge in [-0.1, -0.05) is 18.2 Å². The van der Waals surface area contributed by atoms with Crippen LogP contribution in [0.15, 0.2) is 35.7 Å². The third-order valence-corrected chi connectivity index (χ3v) is 4.55. The summed E-state index contributed by atoms with van der Waals surface area (Å²) in [6.45, 7) is 4.30. The normalized spacial score (nSPS) is 10.8. The molecule has 0 aliphatic rings. The predicted octanol–water partition coefficient (Wildman–Crippen LogP) is 3.15. The maximum absolute atomic E-state index is 12.4. The fourth-order valence-corrected chi connectivity index (χ4v) is 3.39. The highest BCUT2D eigenvalue weighted by molar-refractivity contribution is 7.13. The van der Waals surface area contributed by atoms with Crippen LogP contribution in [-0.2, 0) is 27.3 Å². The molecule has 3 rings (SSSR count). The number of nitrogens with one attached hydrogen (secondary N) is 1. The number of anilines is 1. The van der Waals surface area contributed by atoms with Crippen molar-refractivity contribution in [2.45, 2.75) is 26.8 Å². The van der Waals surface area contributed by atoms with Gasteiger partial charge in [-0.3, -0.25) is 9.59 Å². The molecule has 0 aliphatic heterocycles. The first kappa shape index (κ1) is 17.2. The van der Waals surface area contributed by atoms with Crippen molar-refractivity contribution in [3.63, 3.8) is 0 Å². The lowest BCUT2D eigenvalue weighted by Crippen LogP contribution is -2.19. The van der Waals surface area contributed by atoms with Gasteiger partial charge in [0.1, 0.15) is 6.54 Å². The number of hydrogen-bond acceptors (Lipinski definition) is 5. The van der Waals surface area contributed by atoms with Crippen LogP contribution >= 0.6 is 11.3 Å². The summed E-state index contributed by atoms with van der Waals surface area (Å²) in [6.07, 6.45) is 0.113. The first-order valence-electron chi connectivity index (χ1n) is 8.01. The quantitative estimate of drug-likeness (QED) is 0.688. The zero-order valence-corrected chi connectivity index (χ0v) is 14.9. The van der Waals surface area contributed by atoms with Crippen LogP contribution in [0.25, 0.3) is 10.9 Å². The minimum Gasteiger partial charge on any atom is -0.466 e. The third kappa shape index (κ3) is 4.06. The van der Waals surface area contributed by atoms with Crippen LogP contribution in [0.4, 0.5) is 5.13 Å². The van der Waals surface area contributed by atoms with Crippen LogP contribution in [0.1, 0.15) is 18.3 Å². The van der Waals surface area contributed by atoms with Crippen LogP contribution < -0.4 is 5.32 Å². The largest absolute Gasteiger partial charge is 0.466 e. The standard InChI is InChI=1S/C18H19N3O3S/c1-3-24-17(23)9-14-11-25-18(19-14)20-16(22)10-21-12(2)8-13-6-4-5-7-15(13)21/h4-8,11H,3,9-10H2,1-2H3,(H,19,20,22). The van der Waals surface area contributed by atoms with Gasteiger partial charge in [-0.05, 0) is 31.4 Å². The molecule has 1 amide bonds. The van der Waals surface area contributed by atoms with Crippen molar-refractivity contribution in [2.24, 2.45) is 0 Å². The summed E-state index contributed by atoms with van der Waals surface area (Å²) in [7, 11) is 0. The van der Waals surface area contributed by atoms with Crippen LogP contribution in [0.5, 0.6) is 0 Å². The first-order valence-corrected chi connectivity index (χ1v) is 8.89. The number of carbonyl (C=O) groups excluding carboxylic acids is 2. The molecule has 3 aromatic rings. The fraction of sp³-hybridized carbons (Fsp3) is 0.278. The second-order valence-corrected chi connectivity index (χ2v) is 6.46. The number of aromatic nitrogens is 2. The summed E-state index contributed by atoms with van der Waals surface area (Å²) >= 11 is 1.30. The molecule has 1 N–H and O–H groups in total. The minimum atomic E-state index is -0.319. The smallest absolute Gasteiger partial charge is 0.311 e. The lowest BCUT2D eigenvalue weighted by Gasteiger charge is -2.07. The van der Waals surface area contributed by atoms with Gasteiger partial charge in [0.05, 0.1) is 18.7 Å². The molecule has 25 heavy (non-hydrogen) atoms. The number of benzene rings is 1. The van der Waals surface area contributed by atoms with E-state index in [2.05, 4.69) is 16.4 Å². The number of nitrogens with zero attached hydrogens (tertiary/aromatic N) is 2. The van der Waals surface area contributed by atoms with Crippen molar-refractivity contribution >= 4 is 39.2 Å². The summed E-state index contributed by atoms with van der Waals surface area (Å²) in [5.41, 5.74) is 2.65. The molecule has 7 heteroatoms. The summed E-state index contributed by atoms with van der Waals surface area (Å²) in [4.78, 5) is 28.1. The Morgan fingerprint density at radius 1 is 1.32 bits per heavy atom. The van der Waals surface area contributed by atoms with Crippen molar-refractivity contribution in [1.82, 2.24) is 9.55 Å². The molecule has 1 aromatic carbocycles. The van der Waals surface area contributed by atoms with Gasteiger partial charge in [0, 0.05) is 16.6 Å². The Morgan fingerprint density at radius 3 is 2.92 bits per heavy atom. The van der Waals surface area contributed by atoms with E-state index < -0.39 is 0 Å². The van der Waals surface area contributed by atoms with E-state index >= 15 is 0 Å². The van der Waals surface area contributed by atoms with Gasteiger partial charge in [0.15, 0.2) is 5.13 Å². The highest BCUT2D eigenvalue weighted by atomic mass is 32.1. The maximum atomic E-state index is 12.4. The molecule has 0 spiro atoms. The van der Waals surface area contributed by atoms with E-state index in [4.69, 9.17) is 4.74 Å². The molecular formula is C18H19N3O3S. The van der Waals surface area contributed by atoms with Crippen molar-refractivity contribution in [3.05, 3.63) is 47.1 Å². The van der Waals surface area contributed by atoms with Crippen molar-refractivity contribution in [2.75, 3.05) is 11.9 Å². The molecule has 6 nitrogen and oxygen atoms in total. The number of para-hydroxylation sites is 1. The number of carbonyl (C=O) groups is 2. The number of amides is 1. The van der Waals surface area contributed by atoms with Gasteiger partial charge in [0.25, 0.3) is 0 Å². The van der Waals surface area contributed by atoms with Crippen LogP contribution in [0.3, 0.4) is 0 Å². The number of esters is 1. The lowest BCUT2D eigenvalue weighted by molar-refractivity contribution is -0.142. The number of aryl methyl sites for hydroxylation is 1. The minimum absolute atomic E-state index is 0.113. The second-order valence-electron chi connectivity index (χ2n) is 5.60. The Kier molecular flexibility index (Phi) is 5.14. The highest BCUT2D eigenvalue weighted by Gasteiger charge is 2.13. The van der Waals surface area contributed by atoms with Crippen molar-refractivity contribution < 1.29 is 14.3 Å². The van der Waals surface area contributed by atoms with Gasteiger partial charge < -0.3 is 14.6 Å². The molecule has 0 fully saturated rings. The van der Waals surface area contributed by atoms with E-state index in [-0.39, 0.29) is 24.8 Å². The predicted molar refractivity (Wildman–Crippen MR) is 97.8 cm³/mol. The molecule has 130 valence electrons. The van der Waals surface area contributed by atoms with E-state index in [1.54, 1.807) is 12.3 Å². The summed E-state index contributed by atoms with van der Waals surface area (Å²) < 4.78 is 6.87. The molecule has 2 heterocycles. The fourth-order valence-electron chi connectivity index (χ4n) is 2.67. The van der Waals surface area contributed by atoms with Gasteiger partial charge in [-0.15, -0.1) is 11.3 Å². The van der Waals surface area contributed by atoms with E-state index in [9.17, 15) is 9.59 Å². The number of rotatable bonds is 6. The molecular weight excluding hydrogens is 338 g/mol. The number of hydrogen-bond donors (Lipinski definition) is 1. The molecule has 0 aliphatic carbocycles. The van der Waals surface area contributed by atoms with Crippen molar-refractivity contribution in [1.29, 1.82) is 0 Å². The monoisotopic (exact) mass is 357 g/mol. The van der Waals surface area contributed by atoms with E-state index in [1.165, 1.54) is 11.3 Å². The zero-order chi connectivity index (χ0) is 17.8. The Balaban J connectivity index is 1.65. The lowest BCUT2D eigenvalue weighted by atomic mass is 10.2. The Labute approximate surface area is 149 Å². The van der Waals surface area contributed by atoms with Crippen LogP contribution in [0.2, 0.25) is 0 Å². The molecule has 0 unspecified atom stereocenters. The molecule has 0 atom stereocenters.